The van der Waals surface area contributed by atoms with Crippen LogP contribution in [0.3, 0.4) is 0 Å². The Labute approximate surface area is 108 Å². The van der Waals surface area contributed by atoms with Crippen LogP contribution in [0, 0.1) is 5.41 Å². The minimum absolute atomic E-state index is 0.259. The predicted molar refractivity (Wildman–Crippen MR) is 76.4 cm³/mol. The van der Waals surface area contributed by atoms with E-state index in [1.165, 1.54) is 45.1 Å². The molecule has 102 valence electrons. The first kappa shape index (κ1) is 15.0. The van der Waals surface area contributed by atoms with Crippen LogP contribution < -0.4 is 10.6 Å². The van der Waals surface area contributed by atoms with Gasteiger partial charge in [0.1, 0.15) is 0 Å². The Balaban J connectivity index is 2.00. The fraction of sp³-hybridized carbons (Fsp3) is 1.00. The van der Waals surface area contributed by atoms with Gasteiger partial charge >= 0.3 is 0 Å². The minimum Gasteiger partial charge on any atom is -0.316 e. The molecule has 1 aliphatic rings. The molecule has 0 aromatic heterocycles. The summed E-state index contributed by atoms with van der Waals surface area (Å²) >= 11 is 0. The summed E-state index contributed by atoms with van der Waals surface area (Å²) in [5, 5.41) is 7.17. The molecule has 0 heterocycles. The van der Waals surface area contributed by atoms with Gasteiger partial charge in [-0.25, -0.2) is 0 Å². The largest absolute Gasteiger partial charge is 0.316 e. The molecule has 1 saturated carbocycles. The SMILES string of the molecule is CC1(CNCCCNC(C)(C)C)CCCCC1. The lowest BCUT2D eigenvalue weighted by Crippen LogP contribution is -2.38. The van der Waals surface area contributed by atoms with E-state index in [-0.39, 0.29) is 5.54 Å². The van der Waals surface area contributed by atoms with E-state index < -0.39 is 0 Å². The summed E-state index contributed by atoms with van der Waals surface area (Å²) in [6.07, 6.45) is 8.38. The molecular weight excluding hydrogens is 208 g/mol. The van der Waals surface area contributed by atoms with Gasteiger partial charge in [0, 0.05) is 12.1 Å². The zero-order valence-electron chi connectivity index (χ0n) is 12.4. The fourth-order valence-electron chi connectivity index (χ4n) is 2.65. The van der Waals surface area contributed by atoms with Gasteiger partial charge < -0.3 is 10.6 Å². The quantitative estimate of drug-likeness (QED) is 0.696. The molecule has 1 fully saturated rings. The lowest BCUT2D eigenvalue weighted by molar-refractivity contribution is 0.208. The van der Waals surface area contributed by atoms with Crippen molar-refractivity contribution in [2.75, 3.05) is 19.6 Å². The molecule has 2 N–H and O–H groups in total. The Morgan fingerprint density at radius 2 is 1.65 bits per heavy atom. The number of hydrogen-bond acceptors (Lipinski definition) is 2. The van der Waals surface area contributed by atoms with Crippen molar-refractivity contribution in [2.24, 2.45) is 5.41 Å². The molecule has 0 unspecified atom stereocenters. The molecule has 1 rings (SSSR count). The van der Waals surface area contributed by atoms with Gasteiger partial charge in [-0.3, -0.25) is 0 Å². The van der Waals surface area contributed by atoms with E-state index in [4.69, 9.17) is 0 Å². The lowest BCUT2D eigenvalue weighted by Gasteiger charge is -2.33. The second kappa shape index (κ2) is 6.75. The van der Waals surface area contributed by atoms with E-state index in [1.807, 2.05) is 0 Å². The topological polar surface area (TPSA) is 24.1 Å². The number of nitrogens with one attached hydrogen (secondary N) is 2. The standard InChI is InChI=1S/C15H32N2/c1-14(2,3)17-12-8-11-16-13-15(4)9-6-5-7-10-15/h16-17H,5-13H2,1-4H3. The van der Waals surface area contributed by atoms with Gasteiger partial charge in [0.05, 0.1) is 0 Å². The summed E-state index contributed by atoms with van der Waals surface area (Å²) in [6.45, 7) is 12.6. The average Bonchev–Trinajstić information content (AvgIpc) is 2.23. The Morgan fingerprint density at radius 3 is 2.24 bits per heavy atom. The van der Waals surface area contributed by atoms with E-state index in [0.29, 0.717) is 5.41 Å². The predicted octanol–water partition coefficient (Wildman–Crippen LogP) is 3.32. The first-order valence-corrected chi connectivity index (χ1v) is 7.37. The average molecular weight is 240 g/mol. The fourth-order valence-corrected chi connectivity index (χ4v) is 2.65. The van der Waals surface area contributed by atoms with Crippen LogP contribution in [0.4, 0.5) is 0 Å². The number of rotatable bonds is 6. The van der Waals surface area contributed by atoms with Crippen molar-refractivity contribution in [3.8, 4) is 0 Å². The summed E-state index contributed by atoms with van der Waals surface area (Å²) in [5.41, 5.74) is 0.838. The van der Waals surface area contributed by atoms with Crippen molar-refractivity contribution in [3.63, 3.8) is 0 Å². The van der Waals surface area contributed by atoms with Crippen LogP contribution in [-0.2, 0) is 0 Å². The molecule has 0 saturated heterocycles. The molecule has 0 atom stereocenters. The molecule has 1 aliphatic carbocycles. The third-order valence-corrected chi connectivity index (χ3v) is 3.80. The molecule has 0 aliphatic heterocycles. The molecule has 2 nitrogen and oxygen atoms in total. The van der Waals surface area contributed by atoms with E-state index >= 15 is 0 Å². The third-order valence-electron chi connectivity index (χ3n) is 3.80. The highest BCUT2D eigenvalue weighted by molar-refractivity contribution is 4.80. The van der Waals surface area contributed by atoms with E-state index in [9.17, 15) is 0 Å². The van der Waals surface area contributed by atoms with Crippen molar-refractivity contribution in [2.45, 2.75) is 71.8 Å². The molecule has 0 bridgehead atoms. The Morgan fingerprint density at radius 1 is 1.00 bits per heavy atom. The maximum absolute atomic E-state index is 3.64. The van der Waals surface area contributed by atoms with Crippen LogP contribution in [0.25, 0.3) is 0 Å². The van der Waals surface area contributed by atoms with Gasteiger partial charge in [0.15, 0.2) is 0 Å². The molecule has 2 heteroatoms. The molecule has 0 aromatic carbocycles. The van der Waals surface area contributed by atoms with Gasteiger partial charge in [-0.2, -0.15) is 0 Å². The van der Waals surface area contributed by atoms with Gasteiger partial charge in [-0.05, 0) is 58.5 Å². The van der Waals surface area contributed by atoms with Gasteiger partial charge in [0.25, 0.3) is 0 Å². The monoisotopic (exact) mass is 240 g/mol. The highest BCUT2D eigenvalue weighted by Crippen LogP contribution is 2.34. The third kappa shape index (κ3) is 7.05. The highest BCUT2D eigenvalue weighted by Gasteiger charge is 2.25. The summed E-state index contributed by atoms with van der Waals surface area (Å²) in [7, 11) is 0. The molecule has 0 amide bonds. The van der Waals surface area contributed by atoms with Crippen LogP contribution in [0.2, 0.25) is 0 Å². The lowest BCUT2D eigenvalue weighted by atomic mass is 9.76. The van der Waals surface area contributed by atoms with Gasteiger partial charge in [0.2, 0.25) is 0 Å². The second-order valence-corrected chi connectivity index (χ2v) is 7.08. The molecule has 0 spiro atoms. The Hall–Kier alpha value is -0.0800. The maximum Gasteiger partial charge on any atom is 0.00965 e. The van der Waals surface area contributed by atoms with Crippen molar-refractivity contribution in [1.29, 1.82) is 0 Å². The van der Waals surface area contributed by atoms with Crippen LogP contribution in [-0.4, -0.2) is 25.2 Å². The van der Waals surface area contributed by atoms with Crippen LogP contribution in [0.5, 0.6) is 0 Å². The molecule has 0 radical (unpaired) electrons. The summed E-state index contributed by atoms with van der Waals surface area (Å²) in [4.78, 5) is 0. The Bertz CT molecular complexity index is 199. The van der Waals surface area contributed by atoms with Gasteiger partial charge in [-0.1, -0.05) is 26.2 Å². The molecular formula is C15H32N2. The normalized spacial score (nSPS) is 20.5. The first-order valence-electron chi connectivity index (χ1n) is 7.37. The van der Waals surface area contributed by atoms with E-state index in [1.54, 1.807) is 0 Å². The minimum atomic E-state index is 0.259. The zero-order valence-corrected chi connectivity index (χ0v) is 12.4. The van der Waals surface area contributed by atoms with Crippen LogP contribution >= 0.6 is 0 Å². The highest BCUT2D eigenvalue weighted by atomic mass is 14.9. The zero-order chi connectivity index (χ0) is 12.8. The van der Waals surface area contributed by atoms with Crippen molar-refractivity contribution < 1.29 is 0 Å². The summed E-state index contributed by atoms with van der Waals surface area (Å²) in [5.74, 6) is 0. The molecule has 17 heavy (non-hydrogen) atoms. The van der Waals surface area contributed by atoms with Crippen LogP contribution in [0.15, 0.2) is 0 Å². The van der Waals surface area contributed by atoms with Gasteiger partial charge in [-0.15, -0.1) is 0 Å². The van der Waals surface area contributed by atoms with Crippen molar-refractivity contribution in [3.05, 3.63) is 0 Å². The summed E-state index contributed by atoms with van der Waals surface area (Å²) < 4.78 is 0. The smallest absolute Gasteiger partial charge is 0.00965 e. The van der Waals surface area contributed by atoms with Crippen molar-refractivity contribution >= 4 is 0 Å². The van der Waals surface area contributed by atoms with E-state index in [0.717, 1.165) is 13.1 Å². The summed E-state index contributed by atoms with van der Waals surface area (Å²) in [6, 6.07) is 0. The Kier molecular flexibility index (Phi) is 5.94. The van der Waals surface area contributed by atoms with E-state index in [2.05, 4.69) is 38.3 Å². The van der Waals surface area contributed by atoms with Crippen molar-refractivity contribution in [1.82, 2.24) is 10.6 Å². The van der Waals surface area contributed by atoms with Crippen LogP contribution in [0.1, 0.15) is 66.2 Å². The first-order chi connectivity index (χ1) is 7.91. The number of hydrogen-bond donors (Lipinski definition) is 2. The second-order valence-electron chi connectivity index (χ2n) is 7.08. The molecule has 0 aromatic rings. The maximum atomic E-state index is 3.64.